The van der Waals surface area contributed by atoms with Crippen molar-refractivity contribution in [2.75, 3.05) is 31.9 Å². The van der Waals surface area contributed by atoms with Gasteiger partial charge in [-0.25, -0.2) is 0 Å². The number of carboxylic acid groups (broad SMARTS) is 1. The van der Waals surface area contributed by atoms with Gasteiger partial charge in [-0.2, -0.15) is 11.8 Å². The number of thioether (sulfide) groups is 1. The Morgan fingerprint density at radius 1 is 1.35 bits per heavy atom. The van der Waals surface area contributed by atoms with Gasteiger partial charge in [0, 0.05) is 43.2 Å². The SMILES string of the molecule is CC1CC(N2CCN(C(C)C(=O)O)CC2)CS1. The predicted molar refractivity (Wildman–Crippen MR) is 70.6 cm³/mol. The Kier molecular flexibility index (Phi) is 4.33. The first kappa shape index (κ1) is 13.2. The number of piperazine rings is 1. The summed E-state index contributed by atoms with van der Waals surface area (Å²) in [6, 6.07) is 0.381. The molecule has 0 aromatic heterocycles. The van der Waals surface area contributed by atoms with Crippen LogP contribution in [0.15, 0.2) is 0 Å². The molecule has 3 atom stereocenters. The minimum absolute atomic E-state index is 0.339. The third-order valence-electron chi connectivity index (χ3n) is 3.95. The van der Waals surface area contributed by atoms with E-state index in [9.17, 15) is 4.79 Å². The highest BCUT2D eigenvalue weighted by Gasteiger charge is 2.31. The summed E-state index contributed by atoms with van der Waals surface area (Å²) in [4.78, 5) is 15.5. The summed E-state index contributed by atoms with van der Waals surface area (Å²) in [6.07, 6.45) is 1.29. The largest absolute Gasteiger partial charge is 0.480 e. The Hall–Kier alpha value is -0.260. The maximum absolute atomic E-state index is 10.9. The Balaban J connectivity index is 1.80. The molecule has 3 unspecified atom stereocenters. The Labute approximate surface area is 107 Å². The second kappa shape index (κ2) is 5.59. The number of hydrogen-bond acceptors (Lipinski definition) is 4. The quantitative estimate of drug-likeness (QED) is 0.817. The van der Waals surface area contributed by atoms with Crippen LogP contribution in [0, 0.1) is 0 Å². The van der Waals surface area contributed by atoms with Crippen LogP contribution in [0.5, 0.6) is 0 Å². The highest BCUT2D eigenvalue weighted by Crippen LogP contribution is 2.30. The number of aliphatic carboxylic acids is 1. The fourth-order valence-corrected chi connectivity index (χ4v) is 3.95. The molecule has 4 nitrogen and oxygen atoms in total. The summed E-state index contributed by atoms with van der Waals surface area (Å²) in [5.74, 6) is 0.541. The van der Waals surface area contributed by atoms with Crippen molar-refractivity contribution in [2.45, 2.75) is 37.6 Å². The first-order chi connectivity index (χ1) is 8.08. The van der Waals surface area contributed by atoms with Gasteiger partial charge in [-0.1, -0.05) is 6.92 Å². The van der Waals surface area contributed by atoms with E-state index in [4.69, 9.17) is 5.11 Å². The van der Waals surface area contributed by atoms with Crippen LogP contribution < -0.4 is 0 Å². The highest BCUT2D eigenvalue weighted by molar-refractivity contribution is 8.00. The third kappa shape index (κ3) is 3.14. The first-order valence-corrected chi connectivity index (χ1v) is 7.45. The second-order valence-corrected chi connectivity index (χ2v) is 6.59. The van der Waals surface area contributed by atoms with Gasteiger partial charge in [0.2, 0.25) is 0 Å². The number of carboxylic acids is 1. The van der Waals surface area contributed by atoms with Crippen molar-refractivity contribution in [3.8, 4) is 0 Å². The van der Waals surface area contributed by atoms with Crippen LogP contribution >= 0.6 is 11.8 Å². The normalized spacial score (nSPS) is 33.8. The van der Waals surface area contributed by atoms with Crippen LogP contribution in [0.25, 0.3) is 0 Å². The van der Waals surface area contributed by atoms with Crippen LogP contribution in [0.4, 0.5) is 0 Å². The molecule has 0 amide bonds. The molecule has 0 spiro atoms. The molecule has 0 radical (unpaired) electrons. The van der Waals surface area contributed by atoms with Gasteiger partial charge in [0.25, 0.3) is 0 Å². The average Bonchev–Trinajstić information content (AvgIpc) is 2.75. The van der Waals surface area contributed by atoms with Gasteiger partial charge in [0.05, 0.1) is 0 Å². The Bertz CT molecular complexity index is 280. The van der Waals surface area contributed by atoms with Crippen molar-refractivity contribution >= 4 is 17.7 Å². The van der Waals surface area contributed by atoms with E-state index in [0.29, 0.717) is 0 Å². The molecule has 0 bridgehead atoms. The molecule has 0 aromatic rings. The van der Waals surface area contributed by atoms with Gasteiger partial charge in [-0.3, -0.25) is 14.6 Å². The fraction of sp³-hybridized carbons (Fsp3) is 0.917. The fourth-order valence-electron chi connectivity index (χ4n) is 2.70. The van der Waals surface area contributed by atoms with E-state index in [2.05, 4.69) is 28.5 Å². The molecule has 0 aliphatic carbocycles. The summed E-state index contributed by atoms with van der Waals surface area (Å²) in [6.45, 7) is 7.91. The minimum Gasteiger partial charge on any atom is -0.480 e. The standard InChI is InChI=1S/C12H22N2O2S/c1-9-7-11(8-17-9)14-5-3-13(4-6-14)10(2)12(15)16/h9-11H,3-8H2,1-2H3,(H,15,16). The average molecular weight is 258 g/mol. The zero-order chi connectivity index (χ0) is 12.4. The smallest absolute Gasteiger partial charge is 0.320 e. The van der Waals surface area contributed by atoms with Crippen LogP contribution in [-0.2, 0) is 4.79 Å². The molecule has 2 aliphatic heterocycles. The summed E-state index contributed by atoms with van der Waals surface area (Å²) in [7, 11) is 0. The predicted octanol–water partition coefficient (Wildman–Crippen LogP) is 0.971. The van der Waals surface area contributed by atoms with Gasteiger partial charge >= 0.3 is 5.97 Å². The lowest BCUT2D eigenvalue weighted by Gasteiger charge is -2.39. The van der Waals surface area contributed by atoms with Crippen molar-refractivity contribution in [3.05, 3.63) is 0 Å². The van der Waals surface area contributed by atoms with Crippen molar-refractivity contribution in [1.82, 2.24) is 9.80 Å². The van der Waals surface area contributed by atoms with Crippen LogP contribution in [0.3, 0.4) is 0 Å². The topological polar surface area (TPSA) is 43.8 Å². The second-order valence-electron chi connectivity index (χ2n) is 5.12. The number of hydrogen-bond donors (Lipinski definition) is 1. The molecule has 2 aliphatic rings. The summed E-state index contributed by atoms with van der Waals surface area (Å²) >= 11 is 2.06. The van der Waals surface area contributed by atoms with E-state index in [-0.39, 0.29) is 6.04 Å². The van der Waals surface area contributed by atoms with Crippen LogP contribution in [0.1, 0.15) is 20.3 Å². The zero-order valence-electron chi connectivity index (χ0n) is 10.6. The number of nitrogens with zero attached hydrogens (tertiary/aromatic N) is 2. The number of rotatable bonds is 3. The molecule has 1 N–H and O–H groups in total. The van der Waals surface area contributed by atoms with E-state index < -0.39 is 5.97 Å². The lowest BCUT2D eigenvalue weighted by Crippen LogP contribution is -2.54. The summed E-state index contributed by atoms with van der Waals surface area (Å²) < 4.78 is 0. The molecule has 5 heteroatoms. The van der Waals surface area contributed by atoms with Crippen molar-refractivity contribution in [3.63, 3.8) is 0 Å². The van der Waals surface area contributed by atoms with E-state index >= 15 is 0 Å². The van der Waals surface area contributed by atoms with Gasteiger partial charge in [-0.15, -0.1) is 0 Å². The van der Waals surface area contributed by atoms with Crippen molar-refractivity contribution in [2.24, 2.45) is 0 Å². The minimum atomic E-state index is -0.705. The maximum Gasteiger partial charge on any atom is 0.320 e. The van der Waals surface area contributed by atoms with E-state index in [1.54, 1.807) is 6.92 Å². The van der Waals surface area contributed by atoms with Gasteiger partial charge in [-0.05, 0) is 13.3 Å². The molecular formula is C12H22N2O2S. The van der Waals surface area contributed by atoms with E-state index in [0.717, 1.165) is 37.5 Å². The van der Waals surface area contributed by atoms with Crippen molar-refractivity contribution in [1.29, 1.82) is 0 Å². The van der Waals surface area contributed by atoms with E-state index in [1.807, 2.05) is 0 Å². The summed E-state index contributed by atoms with van der Waals surface area (Å²) in [5, 5.41) is 9.78. The summed E-state index contributed by atoms with van der Waals surface area (Å²) in [5.41, 5.74) is 0. The van der Waals surface area contributed by atoms with Crippen LogP contribution in [-0.4, -0.2) is 70.1 Å². The molecule has 0 saturated carbocycles. The molecule has 17 heavy (non-hydrogen) atoms. The molecule has 2 heterocycles. The van der Waals surface area contributed by atoms with Crippen molar-refractivity contribution < 1.29 is 9.90 Å². The lowest BCUT2D eigenvalue weighted by molar-refractivity contribution is -0.143. The highest BCUT2D eigenvalue weighted by atomic mass is 32.2. The maximum atomic E-state index is 10.9. The zero-order valence-corrected chi connectivity index (χ0v) is 11.4. The Morgan fingerprint density at radius 2 is 2.00 bits per heavy atom. The number of carbonyl (C=O) groups is 1. The Morgan fingerprint density at radius 3 is 2.47 bits per heavy atom. The van der Waals surface area contributed by atoms with E-state index in [1.165, 1.54) is 12.2 Å². The third-order valence-corrected chi connectivity index (χ3v) is 5.29. The van der Waals surface area contributed by atoms with Gasteiger partial charge in [0.1, 0.15) is 6.04 Å². The molecule has 2 rings (SSSR count). The molecular weight excluding hydrogens is 236 g/mol. The lowest BCUT2D eigenvalue weighted by atomic mass is 10.1. The molecule has 2 fully saturated rings. The molecule has 2 saturated heterocycles. The van der Waals surface area contributed by atoms with Crippen LogP contribution in [0.2, 0.25) is 0 Å². The molecule has 0 aromatic carbocycles. The monoisotopic (exact) mass is 258 g/mol. The molecule has 98 valence electrons. The van der Waals surface area contributed by atoms with Gasteiger partial charge < -0.3 is 5.11 Å². The first-order valence-electron chi connectivity index (χ1n) is 6.40. The van der Waals surface area contributed by atoms with Gasteiger partial charge in [0.15, 0.2) is 0 Å².